The summed E-state index contributed by atoms with van der Waals surface area (Å²) in [6.45, 7) is 0. The van der Waals surface area contributed by atoms with Gasteiger partial charge in [-0.05, 0) is 11.5 Å². The van der Waals surface area contributed by atoms with E-state index in [0.29, 0.717) is 5.69 Å². The number of hydrogen-bond donors (Lipinski definition) is 1. The van der Waals surface area contributed by atoms with Gasteiger partial charge >= 0.3 is 5.97 Å². The van der Waals surface area contributed by atoms with Gasteiger partial charge in [0.1, 0.15) is 0 Å². The van der Waals surface area contributed by atoms with E-state index in [1.165, 1.54) is 4.90 Å². The van der Waals surface area contributed by atoms with Crippen LogP contribution in [0.1, 0.15) is 18.2 Å². The molecule has 1 saturated heterocycles. The van der Waals surface area contributed by atoms with E-state index in [9.17, 15) is 9.59 Å². The summed E-state index contributed by atoms with van der Waals surface area (Å²) in [6.07, 6.45) is 0.0357. The number of rotatable bonds is 2. The van der Waals surface area contributed by atoms with Gasteiger partial charge in [-0.25, -0.2) is 0 Å². The molecular formula is C8H9N3O3S. The van der Waals surface area contributed by atoms with Crippen LogP contribution in [0.25, 0.3) is 0 Å². The number of carboxylic acid groups (broad SMARTS) is 1. The third-order valence-corrected chi connectivity index (χ3v) is 3.11. The van der Waals surface area contributed by atoms with E-state index in [-0.39, 0.29) is 12.3 Å². The van der Waals surface area contributed by atoms with E-state index in [0.717, 1.165) is 11.5 Å². The summed E-state index contributed by atoms with van der Waals surface area (Å²) < 4.78 is 3.68. The third-order valence-electron chi connectivity index (χ3n) is 2.58. The van der Waals surface area contributed by atoms with Crippen LogP contribution in [-0.2, 0) is 9.59 Å². The Morgan fingerprint density at radius 1 is 1.73 bits per heavy atom. The van der Waals surface area contributed by atoms with Crippen molar-refractivity contribution in [2.24, 2.45) is 5.92 Å². The Kier molecular flexibility index (Phi) is 2.39. The van der Waals surface area contributed by atoms with Gasteiger partial charge in [-0.2, -0.15) is 0 Å². The van der Waals surface area contributed by atoms with Crippen molar-refractivity contribution in [1.29, 1.82) is 0 Å². The second-order valence-corrected chi connectivity index (χ2v) is 4.04. The molecule has 0 saturated carbocycles. The number of aliphatic carboxylic acids is 1. The number of amides is 1. The number of hydrogen-bond acceptors (Lipinski definition) is 5. The Hall–Kier alpha value is -1.50. The van der Waals surface area contributed by atoms with Gasteiger partial charge in [0.15, 0.2) is 0 Å². The molecule has 2 unspecified atom stereocenters. The first-order valence-corrected chi connectivity index (χ1v) is 5.20. The van der Waals surface area contributed by atoms with Gasteiger partial charge in [-0.1, -0.05) is 4.49 Å². The van der Waals surface area contributed by atoms with E-state index >= 15 is 0 Å². The monoisotopic (exact) mass is 227 g/mol. The number of carbonyl (C=O) groups is 2. The van der Waals surface area contributed by atoms with E-state index in [4.69, 9.17) is 5.11 Å². The summed E-state index contributed by atoms with van der Waals surface area (Å²) in [6, 6.07) is -0.478. The largest absolute Gasteiger partial charge is 0.481 e. The molecule has 1 N–H and O–H groups in total. The van der Waals surface area contributed by atoms with Crippen molar-refractivity contribution in [2.45, 2.75) is 12.5 Å². The average Bonchev–Trinajstić information content (AvgIpc) is 2.76. The Bertz CT molecular complexity index is 392. The molecule has 6 nitrogen and oxygen atoms in total. The second-order valence-electron chi connectivity index (χ2n) is 3.43. The van der Waals surface area contributed by atoms with Gasteiger partial charge in [0.25, 0.3) is 0 Å². The van der Waals surface area contributed by atoms with Crippen molar-refractivity contribution in [3.63, 3.8) is 0 Å². The van der Waals surface area contributed by atoms with Crippen molar-refractivity contribution in [2.75, 3.05) is 7.05 Å². The molecule has 1 aliphatic heterocycles. The molecule has 1 fully saturated rings. The van der Waals surface area contributed by atoms with Crippen molar-refractivity contribution in [3.05, 3.63) is 11.1 Å². The minimum Gasteiger partial charge on any atom is -0.481 e. The molecule has 0 spiro atoms. The lowest BCUT2D eigenvalue weighted by Crippen LogP contribution is -2.27. The molecule has 1 aromatic heterocycles. The summed E-state index contributed by atoms with van der Waals surface area (Å²) in [5, 5.41) is 14.5. The van der Waals surface area contributed by atoms with Crippen LogP contribution >= 0.6 is 11.5 Å². The van der Waals surface area contributed by atoms with Crippen LogP contribution in [0.5, 0.6) is 0 Å². The molecule has 7 heteroatoms. The molecule has 0 aromatic carbocycles. The average molecular weight is 227 g/mol. The fourth-order valence-corrected chi connectivity index (χ4v) is 2.28. The Morgan fingerprint density at radius 2 is 2.47 bits per heavy atom. The second kappa shape index (κ2) is 3.58. The highest BCUT2D eigenvalue weighted by atomic mass is 32.1. The first-order chi connectivity index (χ1) is 7.11. The lowest BCUT2D eigenvalue weighted by molar-refractivity contribution is -0.142. The zero-order valence-corrected chi connectivity index (χ0v) is 8.77. The zero-order valence-electron chi connectivity index (χ0n) is 7.95. The molecule has 0 radical (unpaired) electrons. The maximum Gasteiger partial charge on any atom is 0.309 e. The first-order valence-electron chi connectivity index (χ1n) is 4.36. The van der Waals surface area contributed by atoms with Crippen LogP contribution in [0.15, 0.2) is 5.38 Å². The van der Waals surface area contributed by atoms with Gasteiger partial charge in [0.2, 0.25) is 5.91 Å². The summed E-state index contributed by atoms with van der Waals surface area (Å²) >= 11 is 1.15. The lowest BCUT2D eigenvalue weighted by Gasteiger charge is -2.20. The molecule has 0 aliphatic carbocycles. The van der Waals surface area contributed by atoms with E-state index in [1.54, 1.807) is 12.4 Å². The predicted octanol–water partition coefficient (Wildman–Crippen LogP) is 0.142. The molecule has 2 rings (SSSR count). The van der Waals surface area contributed by atoms with Crippen LogP contribution in [-0.4, -0.2) is 38.5 Å². The molecule has 2 atom stereocenters. The van der Waals surface area contributed by atoms with Gasteiger partial charge in [-0.15, -0.1) is 5.10 Å². The number of aromatic nitrogens is 2. The summed E-state index contributed by atoms with van der Waals surface area (Å²) in [5.41, 5.74) is 0.556. The van der Waals surface area contributed by atoms with Crippen LogP contribution in [0.2, 0.25) is 0 Å². The number of likely N-dealkylation sites (tertiary alicyclic amines) is 1. The highest BCUT2D eigenvalue weighted by Gasteiger charge is 2.44. The van der Waals surface area contributed by atoms with Crippen LogP contribution in [0.3, 0.4) is 0 Å². The Labute approximate surface area is 89.7 Å². The SMILES string of the molecule is CN1C(=O)CC(C(=O)O)C1c1csnn1. The normalized spacial score (nSPS) is 25.9. The van der Waals surface area contributed by atoms with Gasteiger partial charge in [-0.3, -0.25) is 9.59 Å². The Morgan fingerprint density at radius 3 is 3.00 bits per heavy atom. The summed E-state index contributed by atoms with van der Waals surface area (Å²) in [5.74, 6) is -1.85. The third kappa shape index (κ3) is 1.58. The maximum atomic E-state index is 11.4. The van der Waals surface area contributed by atoms with Crippen molar-refractivity contribution in [3.8, 4) is 0 Å². The van der Waals surface area contributed by atoms with Gasteiger partial charge in [0.05, 0.1) is 17.7 Å². The molecule has 0 bridgehead atoms. The van der Waals surface area contributed by atoms with E-state index < -0.39 is 17.9 Å². The molecule has 15 heavy (non-hydrogen) atoms. The van der Waals surface area contributed by atoms with Crippen molar-refractivity contribution >= 4 is 23.4 Å². The van der Waals surface area contributed by atoms with E-state index in [1.807, 2.05) is 0 Å². The van der Waals surface area contributed by atoms with Gasteiger partial charge in [0, 0.05) is 18.8 Å². The molecular weight excluding hydrogens is 218 g/mol. The summed E-state index contributed by atoms with van der Waals surface area (Å²) in [4.78, 5) is 23.8. The Balaban J connectivity index is 2.34. The lowest BCUT2D eigenvalue weighted by atomic mass is 9.99. The topological polar surface area (TPSA) is 83.4 Å². The minimum absolute atomic E-state index is 0.0357. The fourth-order valence-electron chi connectivity index (χ4n) is 1.80. The maximum absolute atomic E-state index is 11.4. The highest BCUT2D eigenvalue weighted by molar-refractivity contribution is 7.03. The number of carbonyl (C=O) groups excluding carboxylic acids is 1. The zero-order chi connectivity index (χ0) is 11.0. The quantitative estimate of drug-likeness (QED) is 0.777. The van der Waals surface area contributed by atoms with Crippen LogP contribution in [0, 0.1) is 5.92 Å². The highest BCUT2D eigenvalue weighted by Crippen LogP contribution is 2.36. The predicted molar refractivity (Wildman–Crippen MR) is 51.2 cm³/mol. The van der Waals surface area contributed by atoms with Crippen LogP contribution < -0.4 is 0 Å². The molecule has 1 aliphatic rings. The minimum atomic E-state index is -0.967. The first kappa shape index (κ1) is 10.0. The van der Waals surface area contributed by atoms with Gasteiger partial charge < -0.3 is 10.0 Å². The smallest absolute Gasteiger partial charge is 0.309 e. The molecule has 2 heterocycles. The molecule has 80 valence electrons. The fraction of sp³-hybridized carbons (Fsp3) is 0.500. The van der Waals surface area contributed by atoms with Crippen LogP contribution in [0.4, 0.5) is 0 Å². The van der Waals surface area contributed by atoms with Crippen molar-refractivity contribution in [1.82, 2.24) is 14.5 Å². The molecule has 1 amide bonds. The number of carboxylic acids is 1. The van der Waals surface area contributed by atoms with Crippen molar-refractivity contribution < 1.29 is 14.7 Å². The number of nitrogens with zero attached hydrogens (tertiary/aromatic N) is 3. The standard InChI is InChI=1S/C8H9N3O3S/c1-11-6(12)2-4(8(13)14)7(11)5-3-15-10-9-5/h3-4,7H,2H2,1H3,(H,13,14). The summed E-state index contributed by atoms with van der Waals surface area (Å²) in [7, 11) is 1.59. The van der Waals surface area contributed by atoms with E-state index in [2.05, 4.69) is 9.59 Å². The molecule has 1 aromatic rings.